The van der Waals surface area contributed by atoms with E-state index in [1.165, 1.54) is 5.56 Å². The van der Waals surface area contributed by atoms with Gasteiger partial charge in [-0.1, -0.05) is 19.9 Å². The monoisotopic (exact) mass is 378 g/mol. The van der Waals surface area contributed by atoms with E-state index in [2.05, 4.69) is 42.2 Å². The summed E-state index contributed by atoms with van der Waals surface area (Å²) in [6.07, 6.45) is 2.79. The summed E-state index contributed by atoms with van der Waals surface area (Å²) in [5.41, 5.74) is 4.15. The molecule has 0 aliphatic heterocycles. The first kappa shape index (κ1) is 19.6. The minimum atomic E-state index is -0.636. The molecule has 146 valence electrons. The van der Waals surface area contributed by atoms with E-state index >= 15 is 0 Å². The van der Waals surface area contributed by atoms with Crippen LogP contribution in [0.25, 0.3) is 11.3 Å². The van der Waals surface area contributed by atoms with E-state index in [0.717, 1.165) is 16.8 Å². The summed E-state index contributed by atoms with van der Waals surface area (Å²) in [7, 11) is 1.79. The maximum Gasteiger partial charge on any atom is 0.266 e. The van der Waals surface area contributed by atoms with E-state index in [-0.39, 0.29) is 5.91 Å². The molecule has 3 rings (SSSR count). The number of ether oxygens (including phenoxy) is 1. The van der Waals surface area contributed by atoms with Crippen LogP contribution in [-0.4, -0.2) is 26.8 Å². The van der Waals surface area contributed by atoms with Crippen LogP contribution in [0.2, 0.25) is 0 Å². The van der Waals surface area contributed by atoms with E-state index in [0.29, 0.717) is 17.5 Å². The Morgan fingerprint density at radius 2 is 1.82 bits per heavy atom. The van der Waals surface area contributed by atoms with Crippen molar-refractivity contribution in [3.63, 3.8) is 0 Å². The van der Waals surface area contributed by atoms with Gasteiger partial charge in [-0.3, -0.25) is 14.5 Å². The van der Waals surface area contributed by atoms with Gasteiger partial charge in [-0.15, -0.1) is 0 Å². The van der Waals surface area contributed by atoms with Gasteiger partial charge in [0.1, 0.15) is 11.6 Å². The van der Waals surface area contributed by atoms with Crippen LogP contribution in [-0.2, 0) is 11.8 Å². The second-order valence-electron chi connectivity index (χ2n) is 7.20. The molecule has 0 aliphatic rings. The van der Waals surface area contributed by atoms with Gasteiger partial charge in [0, 0.05) is 31.1 Å². The van der Waals surface area contributed by atoms with E-state index in [1.807, 2.05) is 30.3 Å². The Morgan fingerprint density at radius 3 is 2.46 bits per heavy atom. The Balaban J connectivity index is 1.68. The minimum absolute atomic E-state index is 0.227. The zero-order valence-electron chi connectivity index (χ0n) is 16.9. The van der Waals surface area contributed by atoms with Crippen molar-refractivity contribution in [2.75, 3.05) is 5.32 Å². The Hall–Kier alpha value is -3.15. The molecular formula is C22H26N4O2. The molecule has 0 radical (unpaired) electrons. The van der Waals surface area contributed by atoms with Gasteiger partial charge in [0.25, 0.3) is 5.91 Å². The van der Waals surface area contributed by atoms with Crippen molar-refractivity contribution < 1.29 is 9.53 Å². The molecule has 2 aromatic heterocycles. The highest BCUT2D eigenvalue weighted by Crippen LogP contribution is 2.25. The van der Waals surface area contributed by atoms with Crippen LogP contribution in [0.1, 0.15) is 37.8 Å². The number of benzene rings is 1. The van der Waals surface area contributed by atoms with Gasteiger partial charge in [0.05, 0.1) is 5.69 Å². The molecule has 1 unspecified atom stereocenters. The highest BCUT2D eigenvalue weighted by atomic mass is 16.5. The quantitative estimate of drug-likeness (QED) is 0.693. The number of hydrogen-bond donors (Lipinski definition) is 1. The number of carbonyl (C=O) groups excluding carboxylic acids is 1. The van der Waals surface area contributed by atoms with Crippen LogP contribution < -0.4 is 10.1 Å². The fraction of sp³-hybridized carbons (Fsp3) is 0.318. The Morgan fingerprint density at radius 1 is 1.11 bits per heavy atom. The molecule has 6 heteroatoms. The maximum absolute atomic E-state index is 12.6. The number of aromatic nitrogens is 3. The third-order valence-corrected chi connectivity index (χ3v) is 4.65. The summed E-state index contributed by atoms with van der Waals surface area (Å²) in [4.78, 5) is 16.6. The second-order valence-corrected chi connectivity index (χ2v) is 7.20. The van der Waals surface area contributed by atoms with Gasteiger partial charge >= 0.3 is 0 Å². The smallest absolute Gasteiger partial charge is 0.266 e. The average molecular weight is 378 g/mol. The van der Waals surface area contributed by atoms with Gasteiger partial charge in [0.2, 0.25) is 0 Å². The van der Waals surface area contributed by atoms with Crippen LogP contribution in [0, 0.1) is 6.92 Å². The molecule has 0 bridgehead atoms. The molecule has 1 atom stereocenters. The van der Waals surface area contributed by atoms with Crippen LogP contribution >= 0.6 is 0 Å². The summed E-state index contributed by atoms with van der Waals surface area (Å²) in [5, 5.41) is 7.33. The predicted octanol–water partition coefficient (Wildman–Crippen LogP) is 4.32. The summed E-state index contributed by atoms with van der Waals surface area (Å²) >= 11 is 0. The molecule has 0 saturated heterocycles. The number of nitrogens with one attached hydrogen (secondary N) is 1. The molecule has 0 saturated carbocycles. The summed E-state index contributed by atoms with van der Waals surface area (Å²) in [6.45, 7) is 8.12. The lowest BCUT2D eigenvalue weighted by atomic mass is 9.98. The lowest BCUT2D eigenvalue weighted by Gasteiger charge is -2.17. The highest BCUT2D eigenvalue weighted by molar-refractivity contribution is 5.93. The molecule has 1 aromatic carbocycles. The van der Waals surface area contributed by atoms with E-state index in [9.17, 15) is 4.79 Å². The van der Waals surface area contributed by atoms with Crippen LogP contribution in [0.15, 0.2) is 48.8 Å². The minimum Gasteiger partial charge on any atom is -0.481 e. The van der Waals surface area contributed by atoms with Gasteiger partial charge < -0.3 is 10.1 Å². The number of rotatable bonds is 6. The van der Waals surface area contributed by atoms with Crippen molar-refractivity contribution in [2.45, 2.75) is 39.7 Å². The molecule has 6 nitrogen and oxygen atoms in total. The van der Waals surface area contributed by atoms with Crippen molar-refractivity contribution in [3.8, 4) is 17.0 Å². The number of nitrogens with zero attached hydrogens (tertiary/aromatic N) is 3. The normalized spacial score (nSPS) is 12.1. The molecule has 0 aliphatic carbocycles. The molecule has 3 aromatic rings. The molecular weight excluding hydrogens is 352 g/mol. The Labute approximate surface area is 165 Å². The highest BCUT2D eigenvalue weighted by Gasteiger charge is 2.18. The summed E-state index contributed by atoms with van der Waals surface area (Å²) in [5.74, 6) is 1.52. The fourth-order valence-corrected chi connectivity index (χ4v) is 3.10. The van der Waals surface area contributed by atoms with Gasteiger partial charge in [-0.05, 0) is 55.2 Å². The number of aryl methyl sites for hydroxylation is 2. The predicted molar refractivity (Wildman–Crippen MR) is 110 cm³/mol. The first-order valence-electron chi connectivity index (χ1n) is 9.37. The number of carbonyl (C=O) groups is 1. The number of amides is 1. The standard InChI is InChI=1S/C22H26N4O2/c1-14(2)19-7-6-18(12-15(19)3)28-16(4)22(27)24-21-13-20(25-26(21)5)17-8-10-23-11-9-17/h6-14,16H,1-5H3,(H,24,27). The van der Waals surface area contributed by atoms with Crippen molar-refractivity contribution in [1.29, 1.82) is 0 Å². The molecule has 2 heterocycles. The molecule has 1 N–H and O–H groups in total. The number of hydrogen-bond acceptors (Lipinski definition) is 4. The van der Waals surface area contributed by atoms with Crippen molar-refractivity contribution in [3.05, 3.63) is 59.9 Å². The zero-order chi connectivity index (χ0) is 20.3. The van der Waals surface area contributed by atoms with Crippen molar-refractivity contribution in [2.24, 2.45) is 7.05 Å². The fourth-order valence-electron chi connectivity index (χ4n) is 3.10. The summed E-state index contributed by atoms with van der Waals surface area (Å²) < 4.78 is 7.49. The number of anilines is 1. The van der Waals surface area contributed by atoms with E-state index < -0.39 is 6.10 Å². The Kier molecular flexibility index (Phi) is 5.78. The van der Waals surface area contributed by atoms with Crippen LogP contribution in [0.3, 0.4) is 0 Å². The molecule has 28 heavy (non-hydrogen) atoms. The van der Waals surface area contributed by atoms with Gasteiger partial charge in [-0.25, -0.2) is 0 Å². The lowest BCUT2D eigenvalue weighted by Crippen LogP contribution is -2.30. The molecule has 0 spiro atoms. The lowest BCUT2D eigenvalue weighted by molar-refractivity contribution is -0.122. The largest absolute Gasteiger partial charge is 0.481 e. The zero-order valence-corrected chi connectivity index (χ0v) is 16.9. The first-order valence-corrected chi connectivity index (χ1v) is 9.37. The van der Waals surface area contributed by atoms with E-state index in [4.69, 9.17) is 4.74 Å². The van der Waals surface area contributed by atoms with Gasteiger partial charge in [-0.2, -0.15) is 5.10 Å². The average Bonchev–Trinajstić information content (AvgIpc) is 3.02. The third kappa shape index (κ3) is 4.39. The topological polar surface area (TPSA) is 69.0 Å². The van der Waals surface area contributed by atoms with Gasteiger partial charge in [0.15, 0.2) is 6.10 Å². The first-order chi connectivity index (χ1) is 13.3. The SMILES string of the molecule is Cc1cc(OC(C)C(=O)Nc2cc(-c3ccncc3)nn2C)ccc1C(C)C. The van der Waals surface area contributed by atoms with Crippen molar-refractivity contribution in [1.82, 2.24) is 14.8 Å². The van der Waals surface area contributed by atoms with E-state index in [1.54, 1.807) is 31.0 Å². The van der Waals surface area contributed by atoms with Crippen LogP contribution in [0.4, 0.5) is 5.82 Å². The Bertz CT molecular complexity index is 964. The third-order valence-electron chi connectivity index (χ3n) is 4.65. The molecule has 1 amide bonds. The summed E-state index contributed by atoms with van der Waals surface area (Å²) in [6, 6.07) is 11.5. The van der Waals surface area contributed by atoms with Crippen molar-refractivity contribution >= 4 is 11.7 Å². The second kappa shape index (κ2) is 8.25. The number of pyridine rings is 1. The maximum atomic E-state index is 12.6. The van der Waals surface area contributed by atoms with Crippen LogP contribution in [0.5, 0.6) is 5.75 Å². The molecule has 0 fully saturated rings.